The van der Waals surface area contributed by atoms with Crippen LogP contribution in [0.15, 0.2) is 11.1 Å². The van der Waals surface area contributed by atoms with Crippen molar-refractivity contribution in [2.45, 2.75) is 49.0 Å². The van der Waals surface area contributed by atoms with Gasteiger partial charge in [-0.3, -0.25) is 0 Å². The molecule has 2 N–H and O–H groups in total. The number of aliphatic hydroxyl groups excluding tert-OH is 1. The van der Waals surface area contributed by atoms with E-state index >= 15 is 0 Å². The molecule has 1 saturated carbocycles. The molecule has 0 spiro atoms. The van der Waals surface area contributed by atoms with E-state index in [-0.39, 0.29) is 11.4 Å². The highest BCUT2D eigenvalue weighted by Gasteiger charge is 2.27. The summed E-state index contributed by atoms with van der Waals surface area (Å²) in [5, 5.41) is 13.7. The van der Waals surface area contributed by atoms with Crippen LogP contribution in [-0.4, -0.2) is 33.5 Å². The van der Waals surface area contributed by atoms with E-state index in [1.807, 2.05) is 20.0 Å². The van der Waals surface area contributed by atoms with Crippen LogP contribution in [0.4, 0.5) is 5.82 Å². The van der Waals surface area contributed by atoms with Crippen LogP contribution in [0.2, 0.25) is 0 Å². The first-order valence-corrected chi connectivity index (χ1v) is 6.89. The predicted octanol–water partition coefficient (Wildman–Crippen LogP) is 2.26. The molecular weight excluding hydrogens is 234 g/mol. The zero-order valence-electron chi connectivity index (χ0n) is 10.5. The molecule has 1 aromatic heterocycles. The molecule has 0 saturated heterocycles. The van der Waals surface area contributed by atoms with Gasteiger partial charge in [0.2, 0.25) is 0 Å². The molecular formula is C12H19N3OS. The molecule has 1 aliphatic carbocycles. The SMILES string of the molecule is CNc1cc(SC(C)C(C)O)nc(C2CC2)n1. The summed E-state index contributed by atoms with van der Waals surface area (Å²) >= 11 is 1.60. The van der Waals surface area contributed by atoms with Gasteiger partial charge in [0, 0.05) is 24.3 Å². The highest BCUT2D eigenvalue weighted by molar-refractivity contribution is 7.99. The molecule has 0 aromatic carbocycles. The van der Waals surface area contributed by atoms with Crippen LogP contribution < -0.4 is 5.32 Å². The Kier molecular flexibility index (Phi) is 3.89. The van der Waals surface area contributed by atoms with E-state index in [4.69, 9.17) is 0 Å². The quantitative estimate of drug-likeness (QED) is 0.622. The number of rotatable bonds is 5. The van der Waals surface area contributed by atoms with Crippen molar-refractivity contribution in [1.82, 2.24) is 9.97 Å². The van der Waals surface area contributed by atoms with Gasteiger partial charge in [-0.1, -0.05) is 6.92 Å². The van der Waals surface area contributed by atoms with Gasteiger partial charge in [0.05, 0.1) is 6.10 Å². The molecule has 5 heteroatoms. The molecule has 2 unspecified atom stereocenters. The maximum absolute atomic E-state index is 9.52. The molecule has 1 aromatic rings. The average Bonchev–Trinajstić information content (AvgIpc) is 3.12. The summed E-state index contributed by atoms with van der Waals surface area (Å²) in [4.78, 5) is 9.03. The van der Waals surface area contributed by atoms with Crippen molar-refractivity contribution in [2.24, 2.45) is 0 Å². The van der Waals surface area contributed by atoms with Crippen molar-refractivity contribution in [3.8, 4) is 0 Å². The molecule has 0 bridgehead atoms. The minimum absolute atomic E-state index is 0.140. The third-order valence-electron chi connectivity index (χ3n) is 2.90. The monoisotopic (exact) mass is 253 g/mol. The smallest absolute Gasteiger partial charge is 0.135 e. The van der Waals surface area contributed by atoms with Crippen molar-refractivity contribution >= 4 is 17.6 Å². The summed E-state index contributed by atoms with van der Waals surface area (Å²) in [6.07, 6.45) is 2.06. The molecule has 1 fully saturated rings. The van der Waals surface area contributed by atoms with Crippen LogP contribution in [0.25, 0.3) is 0 Å². The standard InChI is InChI=1S/C12H19N3OS/c1-7(16)8(2)17-11-6-10(13-3)14-12(15-11)9-4-5-9/h6-9,16H,4-5H2,1-3H3,(H,13,14,15). The van der Waals surface area contributed by atoms with E-state index in [0.717, 1.165) is 16.7 Å². The van der Waals surface area contributed by atoms with E-state index in [1.54, 1.807) is 18.7 Å². The fraction of sp³-hybridized carbons (Fsp3) is 0.667. The van der Waals surface area contributed by atoms with Crippen molar-refractivity contribution in [1.29, 1.82) is 0 Å². The van der Waals surface area contributed by atoms with Crippen molar-refractivity contribution in [3.63, 3.8) is 0 Å². The summed E-state index contributed by atoms with van der Waals surface area (Å²) in [7, 11) is 1.87. The van der Waals surface area contributed by atoms with E-state index < -0.39 is 0 Å². The third kappa shape index (κ3) is 3.33. The summed E-state index contributed by atoms with van der Waals surface area (Å²) < 4.78 is 0. The number of nitrogens with one attached hydrogen (secondary N) is 1. The summed E-state index contributed by atoms with van der Waals surface area (Å²) in [5.74, 6) is 2.35. The maximum atomic E-state index is 9.52. The lowest BCUT2D eigenvalue weighted by Crippen LogP contribution is -2.15. The Morgan fingerprint density at radius 1 is 1.41 bits per heavy atom. The van der Waals surface area contributed by atoms with Crippen LogP contribution >= 0.6 is 11.8 Å². The lowest BCUT2D eigenvalue weighted by Gasteiger charge is -2.14. The molecule has 2 atom stereocenters. The number of aliphatic hydroxyl groups is 1. The molecule has 0 amide bonds. The number of thioether (sulfide) groups is 1. The van der Waals surface area contributed by atoms with Crippen LogP contribution in [0.5, 0.6) is 0 Å². The minimum atomic E-state index is -0.336. The highest BCUT2D eigenvalue weighted by atomic mass is 32.2. The fourth-order valence-electron chi connectivity index (χ4n) is 1.44. The van der Waals surface area contributed by atoms with E-state index in [2.05, 4.69) is 15.3 Å². The van der Waals surface area contributed by atoms with Gasteiger partial charge in [0.25, 0.3) is 0 Å². The van der Waals surface area contributed by atoms with Gasteiger partial charge in [-0.15, -0.1) is 11.8 Å². The molecule has 1 aliphatic rings. The Balaban J connectivity index is 2.17. The van der Waals surface area contributed by atoms with Crippen molar-refractivity contribution in [2.75, 3.05) is 12.4 Å². The van der Waals surface area contributed by atoms with Crippen LogP contribution in [0.1, 0.15) is 38.4 Å². The summed E-state index contributed by atoms with van der Waals surface area (Å²) in [6, 6.07) is 1.94. The van der Waals surface area contributed by atoms with Crippen molar-refractivity contribution in [3.05, 3.63) is 11.9 Å². The predicted molar refractivity (Wildman–Crippen MR) is 70.6 cm³/mol. The van der Waals surface area contributed by atoms with Gasteiger partial charge in [-0.05, 0) is 19.8 Å². The molecule has 4 nitrogen and oxygen atoms in total. The second-order valence-corrected chi connectivity index (χ2v) is 5.94. The minimum Gasteiger partial charge on any atom is -0.392 e. The van der Waals surface area contributed by atoms with Gasteiger partial charge >= 0.3 is 0 Å². The first-order chi connectivity index (χ1) is 8.10. The van der Waals surface area contributed by atoms with Gasteiger partial charge in [-0.2, -0.15) is 0 Å². The van der Waals surface area contributed by atoms with Crippen LogP contribution in [-0.2, 0) is 0 Å². The van der Waals surface area contributed by atoms with Gasteiger partial charge in [-0.25, -0.2) is 9.97 Å². The van der Waals surface area contributed by atoms with Gasteiger partial charge in [0.15, 0.2) is 0 Å². The van der Waals surface area contributed by atoms with Gasteiger partial charge < -0.3 is 10.4 Å². The molecule has 94 valence electrons. The normalized spacial score (nSPS) is 18.8. The molecule has 1 heterocycles. The number of hydrogen-bond donors (Lipinski definition) is 2. The van der Waals surface area contributed by atoms with Crippen molar-refractivity contribution < 1.29 is 5.11 Å². The zero-order chi connectivity index (χ0) is 12.4. The molecule has 2 rings (SSSR count). The molecule has 0 radical (unpaired) electrons. The topological polar surface area (TPSA) is 58.0 Å². The molecule has 0 aliphatic heterocycles. The lowest BCUT2D eigenvalue weighted by molar-refractivity contribution is 0.196. The first kappa shape index (κ1) is 12.6. The Hall–Kier alpha value is -0.810. The summed E-state index contributed by atoms with van der Waals surface area (Å²) in [6.45, 7) is 3.81. The largest absolute Gasteiger partial charge is 0.392 e. The van der Waals surface area contributed by atoms with Crippen LogP contribution in [0, 0.1) is 0 Å². The first-order valence-electron chi connectivity index (χ1n) is 6.01. The van der Waals surface area contributed by atoms with E-state index in [1.165, 1.54) is 12.8 Å². The molecule has 17 heavy (non-hydrogen) atoms. The number of nitrogens with zero attached hydrogens (tertiary/aromatic N) is 2. The lowest BCUT2D eigenvalue weighted by atomic mass is 10.3. The Bertz CT molecular complexity index is 393. The van der Waals surface area contributed by atoms with Crippen LogP contribution in [0.3, 0.4) is 0 Å². The highest BCUT2D eigenvalue weighted by Crippen LogP contribution is 2.39. The van der Waals surface area contributed by atoms with E-state index in [0.29, 0.717) is 5.92 Å². The maximum Gasteiger partial charge on any atom is 0.135 e. The fourth-order valence-corrected chi connectivity index (χ4v) is 2.35. The second kappa shape index (κ2) is 5.23. The number of hydrogen-bond acceptors (Lipinski definition) is 5. The number of anilines is 1. The van der Waals surface area contributed by atoms with E-state index in [9.17, 15) is 5.11 Å². The zero-order valence-corrected chi connectivity index (χ0v) is 11.3. The van der Waals surface area contributed by atoms with Gasteiger partial charge in [0.1, 0.15) is 16.7 Å². The number of aromatic nitrogens is 2. The Morgan fingerprint density at radius 3 is 2.65 bits per heavy atom. The Morgan fingerprint density at radius 2 is 2.12 bits per heavy atom. The summed E-state index contributed by atoms with van der Waals surface area (Å²) in [5.41, 5.74) is 0. The average molecular weight is 253 g/mol. The third-order valence-corrected chi connectivity index (χ3v) is 4.12. The second-order valence-electron chi connectivity index (χ2n) is 4.54. The Labute approximate surface area is 106 Å².